The average Bonchev–Trinajstić information content (AvgIpc) is 2.44. The predicted molar refractivity (Wildman–Crippen MR) is 92.4 cm³/mol. The second-order valence-electron chi connectivity index (χ2n) is 6.18. The third-order valence-electron chi connectivity index (χ3n) is 4.50. The number of pyridine rings is 1. The van der Waals surface area contributed by atoms with Crippen LogP contribution < -0.4 is 10.2 Å². The van der Waals surface area contributed by atoms with Crippen molar-refractivity contribution in [3.63, 3.8) is 0 Å². The smallest absolute Gasteiger partial charge is 0.128 e. The molecule has 21 heavy (non-hydrogen) atoms. The minimum atomic E-state index is 0. The zero-order chi connectivity index (χ0) is 14.7. The van der Waals surface area contributed by atoms with Crippen LogP contribution in [-0.4, -0.2) is 48.1 Å². The molecular formula is C16H29ClN4. The third-order valence-corrected chi connectivity index (χ3v) is 4.50. The fraction of sp³-hybridized carbons (Fsp3) is 0.688. The molecule has 120 valence electrons. The Balaban J connectivity index is 0.00000220. The normalized spacial score (nSPS) is 23.0. The number of piperazine rings is 1. The van der Waals surface area contributed by atoms with Gasteiger partial charge in [-0.3, -0.25) is 4.90 Å². The van der Waals surface area contributed by atoms with E-state index in [4.69, 9.17) is 0 Å². The Bertz CT molecular complexity index is 421. The van der Waals surface area contributed by atoms with Crippen LogP contribution in [0.1, 0.15) is 33.3 Å². The van der Waals surface area contributed by atoms with Crippen molar-refractivity contribution >= 4 is 18.2 Å². The summed E-state index contributed by atoms with van der Waals surface area (Å²) in [4.78, 5) is 9.32. The maximum atomic E-state index is 4.59. The van der Waals surface area contributed by atoms with Crippen LogP contribution in [-0.2, 0) is 6.54 Å². The lowest BCUT2D eigenvalue weighted by molar-refractivity contribution is 0.130. The summed E-state index contributed by atoms with van der Waals surface area (Å²) in [7, 11) is 2.09. The van der Waals surface area contributed by atoms with Gasteiger partial charge in [-0.1, -0.05) is 6.07 Å². The van der Waals surface area contributed by atoms with Crippen molar-refractivity contribution in [1.29, 1.82) is 0 Å². The Hall–Kier alpha value is -0.840. The minimum Gasteiger partial charge on any atom is -0.357 e. The summed E-state index contributed by atoms with van der Waals surface area (Å²) in [5.41, 5.74) is 1.30. The Morgan fingerprint density at radius 1 is 1.38 bits per heavy atom. The zero-order valence-electron chi connectivity index (χ0n) is 13.8. The number of halogens is 1. The van der Waals surface area contributed by atoms with Crippen LogP contribution in [0.5, 0.6) is 0 Å². The Kier molecular flexibility index (Phi) is 6.91. The van der Waals surface area contributed by atoms with E-state index in [1.54, 1.807) is 0 Å². The molecule has 0 aromatic carbocycles. The average molecular weight is 313 g/mol. The highest BCUT2D eigenvalue weighted by Crippen LogP contribution is 2.16. The highest BCUT2D eigenvalue weighted by Gasteiger charge is 2.24. The van der Waals surface area contributed by atoms with Crippen LogP contribution in [0.4, 0.5) is 5.82 Å². The molecule has 2 atom stereocenters. The summed E-state index contributed by atoms with van der Waals surface area (Å²) in [6.07, 6.45) is 2.02. The van der Waals surface area contributed by atoms with Gasteiger partial charge >= 0.3 is 0 Å². The number of nitrogens with zero attached hydrogens (tertiary/aromatic N) is 3. The highest BCUT2D eigenvalue weighted by molar-refractivity contribution is 5.85. The van der Waals surface area contributed by atoms with E-state index in [-0.39, 0.29) is 12.4 Å². The van der Waals surface area contributed by atoms with E-state index >= 15 is 0 Å². The summed E-state index contributed by atoms with van der Waals surface area (Å²) >= 11 is 0. The first-order valence-electron chi connectivity index (χ1n) is 7.64. The van der Waals surface area contributed by atoms with E-state index in [1.807, 2.05) is 6.20 Å². The molecule has 0 radical (unpaired) electrons. The van der Waals surface area contributed by atoms with E-state index in [0.717, 1.165) is 25.5 Å². The van der Waals surface area contributed by atoms with Crippen molar-refractivity contribution < 1.29 is 0 Å². The van der Waals surface area contributed by atoms with Gasteiger partial charge in [-0.15, -0.1) is 12.4 Å². The molecule has 1 N–H and O–H groups in total. The standard InChI is InChI=1S/C16H28N4.ClH/c1-12(2)19(5)16-7-6-15(10-18-16)11-20-9-8-17-13(3)14(20)4;/h6-7,10,12-14,17H,8-9,11H2,1-5H3;1H. The van der Waals surface area contributed by atoms with E-state index < -0.39 is 0 Å². The number of aromatic nitrogens is 1. The Morgan fingerprint density at radius 2 is 2.10 bits per heavy atom. The molecule has 4 nitrogen and oxygen atoms in total. The monoisotopic (exact) mass is 312 g/mol. The van der Waals surface area contributed by atoms with Gasteiger partial charge in [0.25, 0.3) is 0 Å². The van der Waals surface area contributed by atoms with Crippen LogP contribution in [0.15, 0.2) is 18.3 Å². The van der Waals surface area contributed by atoms with Crippen LogP contribution in [0.3, 0.4) is 0 Å². The first kappa shape index (κ1) is 18.2. The number of anilines is 1. The van der Waals surface area contributed by atoms with Gasteiger partial charge in [0, 0.05) is 51.0 Å². The summed E-state index contributed by atoms with van der Waals surface area (Å²) in [5, 5.41) is 3.52. The first-order valence-corrected chi connectivity index (χ1v) is 7.64. The molecule has 0 bridgehead atoms. The number of hydrogen-bond donors (Lipinski definition) is 1. The number of hydrogen-bond acceptors (Lipinski definition) is 4. The molecule has 0 amide bonds. The van der Waals surface area contributed by atoms with E-state index in [9.17, 15) is 0 Å². The zero-order valence-corrected chi connectivity index (χ0v) is 14.7. The summed E-state index contributed by atoms with van der Waals surface area (Å²) in [6, 6.07) is 5.94. The Labute approximate surface area is 135 Å². The molecule has 2 heterocycles. The Morgan fingerprint density at radius 3 is 2.67 bits per heavy atom. The van der Waals surface area contributed by atoms with Gasteiger partial charge in [0.2, 0.25) is 0 Å². The molecule has 1 aromatic rings. The molecular weight excluding hydrogens is 284 g/mol. The quantitative estimate of drug-likeness (QED) is 0.926. The topological polar surface area (TPSA) is 31.4 Å². The highest BCUT2D eigenvalue weighted by atomic mass is 35.5. The van der Waals surface area contributed by atoms with Crippen molar-refractivity contribution in [3.05, 3.63) is 23.9 Å². The summed E-state index contributed by atoms with van der Waals surface area (Å²) in [6.45, 7) is 12.1. The molecule has 2 rings (SSSR count). The van der Waals surface area contributed by atoms with Crippen molar-refractivity contribution in [2.24, 2.45) is 0 Å². The lowest BCUT2D eigenvalue weighted by Gasteiger charge is -2.38. The lowest BCUT2D eigenvalue weighted by Crippen LogP contribution is -2.54. The minimum absolute atomic E-state index is 0. The van der Waals surface area contributed by atoms with Gasteiger partial charge in [0.15, 0.2) is 0 Å². The number of nitrogens with one attached hydrogen (secondary N) is 1. The maximum Gasteiger partial charge on any atom is 0.128 e. The van der Waals surface area contributed by atoms with Gasteiger partial charge in [-0.05, 0) is 39.3 Å². The second-order valence-corrected chi connectivity index (χ2v) is 6.18. The van der Waals surface area contributed by atoms with Crippen LogP contribution in [0, 0.1) is 0 Å². The van der Waals surface area contributed by atoms with E-state index in [1.165, 1.54) is 5.56 Å². The van der Waals surface area contributed by atoms with Gasteiger partial charge in [0.1, 0.15) is 5.82 Å². The largest absolute Gasteiger partial charge is 0.357 e. The fourth-order valence-electron chi connectivity index (χ4n) is 2.57. The molecule has 1 aromatic heterocycles. The van der Waals surface area contributed by atoms with Crippen molar-refractivity contribution in [3.8, 4) is 0 Å². The predicted octanol–water partition coefficient (Wildman–Crippen LogP) is 2.53. The van der Waals surface area contributed by atoms with Crippen LogP contribution in [0.25, 0.3) is 0 Å². The third kappa shape index (κ3) is 4.56. The maximum absolute atomic E-state index is 4.59. The molecule has 1 fully saturated rings. The molecule has 0 spiro atoms. The first-order chi connectivity index (χ1) is 9.49. The van der Waals surface area contributed by atoms with Gasteiger partial charge in [-0.25, -0.2) is 4.98 Å². The molecule has 0 aliphatic carbocycles. The summed E-state index contributed by atoms with van der Waals surface area (Å²) < 4.78 is 0. The van der Waals surface area contributed by atoms with Crippen molar-refractivity contribution in [2.45, 2.75) is 52.4 Å². The molecule has 1 aliphatic rings. The lowest BCUT2D eigenvalue weighted by atomic mass is 10.1. The second kappa shape index (κ2) is 7.97. The van der Waals surface area contributed by atoms with Gasteiger partial charge < -0.3 is 10.2 Å². The summed E-state index contributed by atoms with van der Waals surface area (Å²) in [5.74, 6) is 1.05. The molecule has 1 aliphatic heterocycles. The van der Waals surface area contributed by atoms with Gasteiger partial charge in [-0.2, -0.15) is 0 Å². The molecule has 5 heteroatoms. The fourth-order valence-corrected chi connectivity index (χ4v) is 2.57. The van der Waals surface area contributed by atoms with Gasteiger partial charge in [0.05, 0.1) is 0 Å². The van der Waals surface area contributed by atoms with Crippen LogP contribution in [0.2, 0.25) is 0 Å². The molecule has 1 saturated heterocycles. The number of rotatable bonds is 4. The van der Waals surface area contributed by atoms with Crippen molar-refractivity contribution in [2.75, 3.05) is 25.0 Å². The molecule has 2 unspecified atom stereocenters. The van der Waals surface area contributed by atoms with Crippen LogP contribution >= 0.6 is 12.4 Å². The SMILES string of the molecule is CC1NCCN(Cc2ccc(N(C)C(C)C)nc2)C1C.Cl. The van der Waals surface area contributed by atoms with E-state index in [0.29, 0.717) is 18.1 Å². The van der Waals surface area contributed by atoms with E-state index in [2.05, 4.69) is 67.0 Å². The van der Waals surface area contributed by atoms with Crippen molar-refractivity contribution in [1.82, 2.24) is 15.2 Å². The molecule has 0 saturated carbocycles.